The molecular formula is C15H20O3. The normalized spacial score (nSPS) is 27.6. The van der Waals surface area contributed by atoms with Crippen molar-refractivity contribution in [2.24, 2.45) is 0 Å². The highest BCUT2D eigenvalue weighted by atomic mass is 16.5. The van der Waals surface area contributed by atoms with E-state index in [1.54, 1.807) is 0 Å². The minimum Gasteiger partial charge on any atom is -0.490 e. The molecule has 0 bridgehead atoms. The molecule has 1 aliphatic carbocycles. The Bertz CT molecular complexity index is 416. The van der Waals surface area contributed by atoms with Gasteiger partial charge in [-0.15, -0.1) is 0 Å². The molecule has 1 aromatic carbocycles. The maximum Gasteiger partial charge on any atom is 0.161 e. The first-order valence-corrected chi connectivity index (χ1v) is 6.92. The van der Waals surface area contributed by atoms with Gasteiger partial charge in [-0.1, -0.05) is 18.9 Å². The summed E-state index contributed by atoms with van der Waals surface area (Å²) >= 11 is 0. The van der Waals surface area contributed by atoms with Crippen LogP contribution in [0.3, 0.4) is 0 Å². The Morgan fingerprint density at radius 2 is 1.72 bits per heavy atom. The molecule has 2 unspecified atom stereocenters. The molecule has 2 aliphatic rings. The number of rotatable bonds is 1. The molecule has 1 N–H and O–H groups in total. The molecular weight excluding hydrogens is 228 g/mol. The van der Waals surface area contributed by atoms with E-state index in [0.717, 1.165) is 43.8 Å². The van der Waals surface area contributed by atoms with Crippen LogP contribution in [0.4, 0.5) is 0 Å². The van der Waals surface area contributed by atoms with Crippen molar-refractivity contribution < 1.29 is 14.6 Å². The molecule has 0 spiro atoms. The standard InChI is InChI=1S/C15H20O3/c16-13-5-2-1-4-12(13)11-6-7-14-15(10-11)18-9-3-8-17-14/h6-7,10,12-13,16H,1-5,8-9H2. The number of aliphatic hydroxyl groups excluding tert-OH is 1. The average molecular weight is 248 g/mol. The van der Waals surface area contributed by atoms with E-state index in [0.29, 0.717) is 6.61 Å². The van der Waals surface area contributed by atoms with Crippen LogP contribution in [0.1, 0.15) is 43.6 Å². The molecule has 1 fully saturated rings. The fourth-order valence-electron chi connectivity index (χ4n) is 2.91. The van der Waals surface area contributed by atoms with Gasteiger partial charge in [-0.25, -0.2) is 0 Å². The maximum atomic E-state index is 10.1. The molecule has 1 saturated carbocycles. The highest BCUT2D eigenvalue weighted by Gasteiger charge is 2.25. The Balaban J connectivity index is 1.86. The van der Waals surface area contributed by atoms with Crippen molar-refractivity contribution in [2.45, 2.75) is 44.1 Å². The molecule has 3 rings (SSSR count). The number of hydrogen-bond donors (Lipinski definition) is 1. The number of hydrogen-bond acceptors (Lipinski definition) is 3. The lowest BCUT2D eigenvalue weighted by Crippen LogP contribution is -2.22. The van der Waals surface area contributed by atoms with Gasteiger partial charge in [0.05, 0.1) is 19.3 Å². The molecule has 0 aromatic heterocycles. The average Bonchev–Trinajstić information content (AvgIpc) is 2.63. The number of aliphatic hydroxyl groups is 1. The first kappa shape index (κ1) is 11.8. The van der Waals surface area contributed by atoms with Crippen molar-refractivity contribution in [3.8, 4) is 11.5 Å². The summed E-state index contributed by atoms with van der Waals surface area (Å²) in [4.78, 5) is 0. The molecule has 3 nitrogen and oxygen atoms in total. The Hall–Kier alpha value is -1.22. The van der Waals surface area contributed by atoms with E-state index in [4.69, 9.17) is 9.47 Å². The first-order chi connectivity index (χ1) is 8.84. The Morgan fingerprint density at radius 3 is 2.56 bits per heavy atom. The van der Waals surface area contributed by atoms with Gasteiger partial charge in [-0.3, -0.25) is 0 Å². The smallest absolute Gasteiger partial charge is 0.161 e. The van der Waals surface area contributed by atoms with Gasteiger partial charge in [0, 0.05) is 12.3 Å². The van der Waals surface area contributed by atoms with Crippen LogP contribution in [0.15, 0.2) is 18.2 Å². The second-order valence-electron chi connectivity index (χ2n) is 5.21. The van der Waals surface area contributed by atoms with Crippen LogP contribution in [0.2, 0.25) is 0 Å². The van der Waals surface area contributed by atoms with E-state index in [9.17, 15) is 5.11 Å². The minimum atomic E-state index is -0.205. The zero-order valence-electron chi connectivity index (χ0n) is 10.6. The molecule has 3 heteroatoms. The van der Waals surface area contributed by atoms with Gasteiger partial charge in [0.25, 0.3) is 0 Å². The number of ether oxygens (including phenoxy) is 2. The number of benzene rings is 1. The highest BCUT2D eigenvalue weighted by Crippen LogP contribution is 2.38. The molecule has 1 aliphatic heterocycles. The summed E-state index contributed by atoms with van der Waals surface area (Å²) in [5, 5.41) is 10.1. The van der Waals surface area contributed by atoms with Gasteiger partial charge >= 0.3 is 0 Å². The summed E-state index contributed by atoms with van der Waals surface area (Å²) in [5.41, 5.74) is 1.19. The second-order valence-corrected chi connectivity index (χ2v) is 5.21. The molecule has 1 heterocycles. The van der Waals surface area contributed by atoms with Crippen LogP contribution < -0.4 is 9.47 Å². The lowest BCUT2D eigenvalue weighted by Gasteiger charge is -2.28. The maximum absolute atomic E-state index is 10.1. The molecule has 2 atom stereocenters. The van der Waals surface area contributed by atoms with Crippen LogP contribution in [0.5, 0.6) is 11.5 Å². The minimum absolute atomic E-state index is 0.205. The van der Waals surface area contributed by atoms with Crippen molar-refractivity contribution in [1.82, 2.24) is 0 Å². The third-order valence-corrected chi connectivity index (χ3v) is 3.93. The van der Waals surface area contributed by atoms with E-state index in [1.165, 1.54) is 12.0 Å². The molecule has 18 heavy (non-hydrogen) atoms. The Morgan fingerprint density at radius 1 is 0.944 bits per heavy atom. The lowest BCUT2D eigenvalue weighted by atomic mass is 9.82. The van der Waals surface area contributed by atoms with Crippen molar-refractivity contribution >= 4 is 0 Å². The van der Waals surface area contributed by atoms with Crippen molar-refractivity contribution in [3.63, 3.8) is 0 Å². The van der Waals surface area contributed by atoms with Crippen molar-refractivity contribution in [3.05, 3.63) is 23.8 Å². The van der Waals surface area contributed by atoms with Gasteiger partial charge in [0.15, 0.2) is 11.5 Å². The highest BCUT2D eigenvalue weighted by molar-refractivity contribution is 5.44. The predicted octanol–water partition coefficient (Wildman–Crippen LogP) is 2.87. The summed E-state index contributed by atoms with van der Waals surface area (Å²) in [7, 11) is 0. The SMILES string of the molecule is OC1CCCCC1c1ccc2c(c1)OCCCO2. The summed E-state index contributed by atoms with van der Waals surface area (Å²) in [5.74, 6) is 1.93. The van der Waals surface area contributed by atoms with E-state index >= 15 is 0 Å². The largest absolute Gasteiger partial charge is 0.490 e. The van der Waals surface area contributed by atoms with Gasteiger partial charge in [0.1, 0.15) is 0 Å². The van der Waals surface area contributed by atoms with Crippen molar-refractivity contribution in [2.75, 3.05) is 13.2 Å². The van der Waals surface area contributed by atoms with Crippen LogP contribution in [0, 0.1) is 0 Å². The van der Waals surface area contributed by atoms with Gasteiger partial charge in [0.2, 0.25) is 0 Å². The van der Waals surface area contributed by atoms with Gasteiger partial charge in [-0.2, -0.15) is 0 Å². The van der Waals surface area contributed by atoms with Crippen LogP contribution in [-0.4, -0.2) is 24.4 Å². The van der Waals surface area contributed by atoms with E-state index in [2.05, 4.69) is 12.1 Å². The van der Waals surface area contributed by atoms with Crippen molar-refractivity contribution in [1.29, 1.82) is 0 Å². The molecule has 1 aromatic rings. The second kappa shape index (κ2) is 5.19. The Labute approximate surface area is 108 Å². The zero-order valence-corrected chi connectivity index (χ0v) is 10.6. The Kier molecular flexibility index (Phi) is 3.41. The predicted molar refractivity (Wildman–Crippen MR) is 69.3 cm³/mol. The summed E-state index contributed by atoms with van der Waals surface area (Å²) in [6.07, 6.45) is 5.05. The molecule has 0 amide bonds. The fraction of sp³-hybridized carbons (Fsp3) is 0.600. The topological polar surface area (TPSA) is 38.7 Å². The third kappa shape index (κ3) is 2.32. The molecule has 98 valence electrons. The van der Waals surface area contributed by atoms with Gasteiger partial charge < -0.3 is 14.6 Å². The summed E-state index contributed by atoms with van der Waals surface area (Å²) < 4.78 is 11.3. The number of fused-ring (bicyclic) bond motifs is 1. The summed E-state index contributed by atoms with van der Waals surface area (Å²) in [6.45, 7) is 1.43. The quantitative estimate of drug-likeness (QED) is 0.830. The van der Waals surface area contributed by atoms with E-state index in [1.807, 2.05) is 6.07 Å². The fourth-order valence-corrected chi connectivity index (χ4v) is 2.91. The van der Waals surface area contributed by atoms with E-state index < -0.39 is 0 Å². The third-order valence-electron chi connectivity index (χ3n) is 3.93. The zero-order chi connectivity index (χ0) is 12.4. The summed E-state index contributed by atoms with van der Waals surface area (Å²) in [6, 6.07) is 6.11. The first-order valence-electron chi connectivity index (χ1n) is 6.92. The molecule has 0 radical (unpaired) electrons. The van der Waals surface area contributed by atoms with Crippen LogP contribution in [-0.2, 0) is 0 Å². The lowest BCUT2D eigenvalue weighted by molar-refractivity contribution is 0.106. The van der Waals surface area contributed by atoms with Crippen LogP contribution >= 0.6 is 0 Å². The monoisotopic (exact) mass is 248 g/mol. The van der Waals surface area contributed by atoms with E-state index in [-0.39, 0.29) is 12.0 Å². The molecule has 0 saturated heterocycles. The van der Waals surface area contributed by atoms with Crippen LogP contribution in [0.25, 0.3) is 0 Å². The van der Waals surface area contributed by atoms with Gasteiger partial charge in [-0.05, 0) is 30.5 Å².